The molecular weight excluding hydrogens is 550 g/mol. The molecule has 0 unspecified atom stereocenters. The molecule has 1 aliphatic rings. The van der Waals surface area contributed by atoms with Gasteiger partial charge in [0, 0.05) is 51.1 Å². The first-order chi connectivity index (χ1) is 22.3. The molecule has 0 saturated heterocycles. The number of fused-ring (bicyclic) bond motifs is 6. The molecule has 0 fully saturated rings. The maximum absolute atomic E-state index is 6.54. The number of aryl methyl sites for hydroxylation is 1. The molecule has 9 rings (SSSR count). The summed E-state index contributed by atoms with van der Waals surface area (Å²) < 4.78 is 12.7. The average molecular weight is 580 g/mol. The summed E-state index contributed by atoms with van der Waals surface area (Å²) in [5, 5.41) is 3.38. The summed E-state index contributed by atoms with van der Waals surface area (Å²) in [7, 11) is 0. The van der Waals surface area contributed by atoms with Crippen LogP contribution in [0.15, 0.2) is 154 Å². The standard InChI is InChI=1S/C42H29NO2/c1-3-11-28(12-4-1)29-19-22-32(23-20-29)43(31-13-5-2-6-14-31)38-27-42-37(34-16-8-10-18-40(34)45-42)26-35(38)30-21-24-41-36(25-30)33-15-7-9-17-39(33)44-41/h1-9,11-17,19-27H,10,18H2. The molecule has 214 valence electrons. The van der Waals surface area contributed by atoms with Crippen LogP contribution in [0.25, 0.3) is 61.2 Å². The molecule has 1 aliphatic carbocycles. The van der Waals surface area contributed by atoms with E-state index in [1.54, 1.807) is 0 Å². The Bertz CT molecular complexity index is 2360. The van der Waals surface area contributed by atoms with Crippen molar-refractivity contribution in [3.63, 3.8) is 0 Å². The van der Waals surface area contributed by atoms with E-state index in [0.717, 1.165) is 79.7 Å². The predicted octanol–water partition coefficient (Wildman–Crippen LogP) is 12.1. The van der Waals surface area contributed by atoms with E-state index in [-0.39, 0.29) is 0 Å². The van der Waals surface area contributed by atoms with Crippen LogP contribution in [0.2, 0.25) is 0 Å². The second-order valence-corrected chi connectivity index (χ2v) is 11.6. The number of nitrogens with zero attached hydrogens (tertiary/aromatic N) is 1. The Labute approximate surface area is 261 Å². The Morgan fingerprint density at radius 1 is 0.489 bits per heavy atom. The molecule has 8 aromatic rings. The minimum atomic E-state index is 0.891. The maximum atomic E-state index is 6.54. The first-order valence-electron chi connectivity index (χ1n) is 15.5. The van der Waals surface area contributed by atoms with Gasteiger partial charge in [-0.2, -0.15) is 0 Å². The summed E-state index contributed by atoms with van der Waals surface area (Å²) in [6, 6.07) is 49.3. The summed E-state index contributed by atoms with van der Waals surface area (Å²) >= 11 is 0. The number of anilines is 3. The first kappa shape index (κ1) is 25.7. The van der Waals surface area contributed by atoms with Crippen molar-refractivity contribution in [1.82, 2.24) is 0 Å². The van der Waals surface area contributed by atoms with E-state index in [4.69, 9.17) is 8.83 Å². The van der Waals surface area contributed by atoms with Gasteiger partial charge in [0.25, 0.3) is 0 Å². The molecule has 0 spiro atoms. The number of furan rings is 2. The van der Waals surface area contributed by atoms with Gasteiger partial charge < -0.3 is 13.7 Å². The fourth-order valence-electron chi connectivity index (χ4n) is 6.73. The number of hydrogen-bond donors (Lipinski definition) is 0. The van der Waals surface area contributed by atoms with Gasteiger partial charge >= 0.3 is 0 Å². The molecule has 0 atom stereocenters. The van der Waals surface area contributed by atoms with Crippen LogP contribution < -0.4 is 4.90 Å². The maximum Gasteiger partial charge on any atom is 0.137 e. The van der Waals surface area contributed by atoms with Crippen molar-refractivity contribution in [3.05, 3.63) is 157 Å². The molecule has 45 heavy (non-hydrogen) atoms. The van der Waals surface area contributed by atoms with E-state index in [9.17, 15) is 0 Å². The van der Waals surface area contributed by atoms with E-state index in [0.29, 0.717) is 0 Å². The fourth-order valence-corrected chi connectivity index (χ4v) is 6.73. The monoisotopic (exact) mass is 579 g/mol. The van der Waals surface area contributed by atoms with E-state index in [1.165, 1.54) is 16.7 Å². The lowest BCUT2D eigenvalue weighted by Crippen LogP contribution is -2.11. The van der Waals surface area contributed by atoms with Gasteiger partial charge in [-0.05, 0) is 71.6 Å². The SMILES string of the molecule is C1=Cc2c(oc3cc(N(c4ccccc4)c4ccc(-c5ccccc5)cc4)c(-c4ccc5oc6ccccc6c5c4)cc23)CC1. The quantitative estimate of drug-likeness (QED) is 0.203. The minimum Gasteiger partial charge on any atom is -0.460 e. The largest absolute Gasteiger partial charge is 0.460 e. The number of para-hydroxylation sites is 2. The van der Waals surface area contributed by atoms with Gasteiger partial charge in [-0.15, -0.1) is 0 Å². The molecule has 0 bridgehead atoms. The summed E-state index contributed by atoms with van der Waals surface area (Å²) in [5.74, 6) is 1.06. The van der Waals surface area contributed by atoms with E-state index in [1.807, 2.05) is 12.1 Å². The first-order valence-corrected chi connectivity index (χ1v) is 15.5. The van der Waals surface area contributed by atoms with Gasteiger partial charge in [-0.25, -0.2) is 0 Å². The van der Waals surface area contributed by atoms with Crippen molar-refractivity contribution in [1.29, 1.82) is 0 Å². The lowest BCUT2D eigenvalue weighted by molar-refractivity contribution is 0.546. The van der Waals surface area contributed by atoms with Crippen LogP contribution in [0.1, 0.15) is 17.7 Å². The molecule has 6 aromatic carbocycles. The molecule has 2 aromatic heterocycles. The Kier molecular flexibility index (Phi) is 5.95. The second kappa shape index (κ2) is 10.4. The van der Waals surface area contributed by atoms with Gasteiger partial charge in [0.15, 0.2) is 0 Å². The summed E-state index contributed by atoms with van der Waals surface area (Å²) in [4.78, 5) is 2.35. The van der Waals surface area contributed by atoms with Crippen LogP contribution >= 0.6 is 0 Å². The van der Waals surface area contributed by atoms with Crippen molar-refractivity contribution < 1.29 is 8.83 Å². The highest BCUT2D eigenvalue weighted by atomic mass is 16.3. The summed E-state index contributed by atoms with van der Waals surface area (Å²) in [6.07, 6.45) is 6.39. The van der Waals surface area contributed by atoms with Crippen LogP contribution in [-0.2, 0) is 6.42 Å². The Morgan fingerprint density at radius 3 is 2.02 bits per heavy atom. The highest BCUT2D eigenvalue weighted by Gasteiger charge is 2.23. The van der Waals surface area contributed by atoms with Crippen LogP contribution in [0.4, 0.5) is 17.1 Å². The average Bonchev–Trinajstić information content (AvgIpc) is 3.67. The topological polar surface area (TPSA) is 29.5 Å². The normalized spacial score (nSPS) is 12.6. The third-order valence-electron chi connectivity index (χ3n) is 8.92. The summed E-state index contributed by atoms with van der Waals surface area (Å²) in [5.41, 5.74) is 11.8. The zero-order chi connectivity index (χ0) is 29.7. The Hall–Kier alpha value is -5.80. The van der Waals surface area contributed by atoms with Gasteiger partial charge in [-0.1, -0.05) is 97.1 Å². The molecule has 2 heterocycles. The second-order valence-electron chi connectivity index (χ2n) is 11.6. The molecule has 3 nitrogen and oxygen atoms in total. The van der Waals surface area contributed by atoms with Crippen LogP contribution in [-0.4, -0.2) is 0 Å². The zero-order valence-electron chi connectivity index (χ0n) is 24.6. The van der Waals surface area contributed by atoms with Crippen LogP contribution in [0.5, 0.6) is 0 Å². The third kappa shape index (κ3) is 4.36. The molecular formula is C42H29NO2. The van der Waals surface area contributed by atoms with E-state index in [2.05, 4.69) is 144 Å². The number of allylic oxidation sites excluding steroid dienone is 1. The zero-order valence-corrected chi connectivity index (χ0v) is 24.6. The van der Waals surface area contributed by atoms with Gasteiger partial charge in [-0.3, -0.25) is 0 Å². The van der Waals surface area contributed by atoms with Gasteiger partial charge in [0.05, 0.1) is 5.69 Å². The van der Waals surface area contributed by atoms with Gasteiger partial charge in [0.2, 0.25) is 0 Å². The highest BCUT2D eigenvalue weighted by molar-refractivity contribution is 6.08. The molecule has 3 heteroatoms. The van der Waals surface area contributed by atoms with Crippen molar-refractivity contribution in [2.45, 2.75) is 12.8 Å². The van der Waals surface area contributed by atoms with Crippen LogP contribution in [0, 0.1) is 0 Å². The smallest absolute Gasteiger partial charge is 0.137 e. The lowest BCUT2D eigenvalue weighted by Gasteiger charge is -2.28. The number of benzene rings is 6. The van der Waals surface area contributed by atoms with Crippen molar-refractivity contribution in [2.24, 2.45) is 0 Å². The van der Waals surface area contributed by atoms with Crippen molar-refractivity contribution in [2.75, 3.05) is 4.90 Å². The van der Waals surface area contributed by atoms with Crippen molar-refractivity contribution in [3.8, 4) is 22.3 Å². The molecule has 0 amide bonds. The van der Waals surface area contributed by atoms with Gasteiger partial charge in [0.1, 0.15) is 22.5 Å². The Balaban J connectivity index is 1.30. The minimum absolute atomic E-state index is 0.891. The predicted molar refractivity (Wildman–Crippen MR) is 186 cm³/mol. The molecule has 0 N–H and O–H groups in total. The molecule has 0 radical (unpaired) electrons. The molecule has 0 saturated carbocycles. The Morgan fingerprint density at radius 2 is 1.18 bits per heavy atom. The number of hydrogen-bond acceptors (Lipinski definition) is 3. The van der Waals surface area contributed by atoms with Crippen LogP contribution in [0.3, 0.4) is 0 Å². The van der Waals surface area contributed by atoms with E-state index >= 15 is 0 Å². The van der Waals surface area contributed by atoms with Crippen molar-refractivity contribution >= 4 is 56.0 Å². The highest BCUT2D eigenvalue weighted by Crippen LogP contribution is 2.46. The van der Waals surface area contributed by atoms with E-state index < -0.39 is 0 Å². The third-order valence-corrected chi connectivity index (χ3v) is 8.92. The lowest BCUT2D eigenvalue weighted by atomic mass is 9.95. The molecule has 0 aliphatic heterocycles. The summed E-state index contributed by atoms with van der Waals surface area (Å²) in [6.45, 7) is 0. The fraction of sp³-hybridized carbons (Fsp3) is 0.0476. The number of rotatable bonds is 5.